The van der Waals surface area contributed by atoms with Gasteiger partial charge in [-0.25, -0.2) is 9.59 Å². The molecule has 40 heavy (non-hydrogen) atoms. The molecule has 2 N–H and O–H groups in total. The summed E-state index contributed by atoms with van der Waals surface area (Å²) in [5.41, 5.74) is 2.71. The smallest absolute Gasteiger partial charge is 0.326 e. The van der Waals surface area contributed by atoms with Crippen molar-refractivity contribution in [3.63, 3.8) is 0 Å². The number of nitrogens with one attached hydrogen (secondary N) is 2. The van der Waals surface area contributed by atoms with E-state index in [2.05, 4.69) is 10.3 Å². The van der Waals surface area contributed by atoms with Gasteiger partial charge in [-0.2, -0.15) is 0 Å². The Morgan fingerprint density at radius 1 is 0.950 bits per heavy atom. The lowest BCUT2D eigenvalue weighted by Gasteiger charge is -2.32. The van der Waals surface area contributed by atoms with Crippen LogP contribution in [0.3, 0.4) is 0 Å². The number of piperidine rings is 1. The number of carbonyl (C=O) groups excluding carboxylic acids is 2. The molecule has 3 amide bonds. The summed E-state index contributed by atoms with van der Waals surface area (Å²) in [5, 5.41) is 3.00. The average Bonchev–Trinajstić information content (AvgIpc) is 3.76. The van der Waals surface area contributed by atoms with Crippen LogP contribution in [0.2, 0.25) is 0 Å². The Hall–Kier alpha value is -3.85. The molecular weight excluding hydrogens is 506 g/mol. The third-order valence-corrected chi connectivity index (χ3v) is 8.37. The third-order valence-electron chi connectivity index (χ3n) is 8.37. The molecule has 1 aliphatic carbocycles. The van der Waals surface area contributed by atoms with Gasteiger partial charge >= 0.3 is 11.7 Å². The Morgan fingerprint density at radius 2 is 1.65 bits per heavy atom. The van der Waals surface area contributed by atoms with Crippen molar-refractivity contribution in [1.29, 1.82) is 0 Å². The maximum atomic E-state index is 13.5. The highest BCUT2D eigenvalue weighted by Crippen LogP contribution is 2.32. The SMILES string of the molecule is O=C(NC[C@H]1CO[C@@H](c2ccccc2)CN(CC2CC2)C1=O)N1CCC(n2cc(-c3ccccc3)[nH]c2=O)CC1. The minimum absolute atomic E-state index is 0.0352. The van der Waals surface area contributed by atoms with E-state index < -0.39 is 5.92 Å². The van der Waals surface area contributed by atoms with Gasteiger partial charge in [0.25, 0.3) is 0 Å². The number of nitrogens with zero attached hydrogens (tertiary/aromatic N) is 3. The zero-order chi connectivity index (χ0) is 27.5. The number of rotatable bonds is 7. The number of hydrogen-bond donors (Lipinski definition) is 2. The van der Waals surface area contributed by atoms with Crippen LogP contribution >= 0.6 is 0 Å². The summed E-state index contributed by atoms with van der Waals surface area (Å²) in [5.74, 6) is 0.223. The standard InChI is InChI=1S/C31H37N5O4/c37-29-25(21-40-28(24-9-5-2-6-10-24)20-35(29)18-22-11-12-22)17-32-30(38)34-15-13-26(14-16-34)36-19-27(33-31(36)39)23-7-3-1-4-8-23/h1-10,19,22,25-26,28H,11-18,20-21H2,(H,32,38)(H,33,39)/t25-,28+/m0/s1. The topological polar surface area (TPSA) is 99.7 Å². The highest BCUT2D eigenvalue weighted by Gasteiger charge is 2.36. The lowest BCUT2D eigenvalue weighted by atomic mass is 10.0. The van der Waals surface area contributed by atoms with Gasteiger partial charge in [0.15, 0.2) is 0 Å². The normalized spacial score (nSPS) is 22.2. The van der Waals surface area contributed by atoms with E-state index in [0.717, 1.165) is 23.4 Å². The molecule has 2 atom stereocenters. The second kappa shape index (κ2) is 11.7. The molecule has 3 heterocycles. The van der Waals surface area contributed by atoms with E-state index in [9.17, 15) is 14.4 Å². The first-order valence-electron chi connectivity index (χ1n) is 14.4. The van der Waals surface area contributed by atoms with Crippen LogP contribution < -0.4 is 11.0 Å². The predicted molar refractivity (Wildman–Crippen MR) is 152 cm³/mol. The second-order valence-corrected chi connectivity index (χ2v) is 11.3. The number of benzene rings is 2. The number of likely N-dealkylation sites (tertiary alicyclic amines) is 1. The molecule has 2 aromatic carbocycles. The largest absolute Gasteiger partial charge is 0.371 e. The van der Waals surface area contributed by atoms with Crippen LogP contribution in [0.4, 0.5) is 4.79 Å². The number of urea groups is 1. The number of aromatic amines is 1. The lowest BCUT2D eigenvalue weighted by molar-refractivity contribution is -0.134. The van der Waals surface area contributed by atoms with Crippen molar-refractivity contribution in [2.75, 3.05) is 39.3 Å². The van der Waals surface area contributed by atoms with Crippen LogP contribution in [-0.2, 0) is 9.53 Å². The van der Waals surface area contributed by atoms with Gasteiger partial charge in [-0.3, -0.25) is 9.36 Å². The van der Waals surface area contributed by atoms with Crippen molar-refractivity contribution >= 4 is 11.9 Å². The summed E-state index contributed by atoms with van der Waals surface area (Å²) in [6, 6.07) is 19.7. The zero-order valence-electron chi connectivity index (χ0n) is 22.7. The van der Waals surface area contributed by atoms with Crippen molar-refractivity contribution < 1.29 is 14.3 Å². The number of amides is 3. The summed E-state index contributed by atoms with van der Waals surface area (Å²) in [4.78, 5) is 45.8. The fraction of sp³-hybridized carbons (Fsp3) is 0.452. The summed E-state index contributed by atoms with van der Waals surface area (Å²) in [6.45, 7) is 2.93. The molecule has 0 unspecified atom stereocenters. The molecular formula is C31H37N5O4. The van der Waals surface area contributed by atoms with Crippen molar-refractivity contribution in [3.05, 3.63) is 82.9 Å². The molecule has 3 fully saturated rings. The number of imidazole rings is 1. The highest BCUT2D eigenvalue weighted by molar-refractivity contribution is 5.81. The number of H-pyrrole nitrogens is 1. The Balaban J connectivity index is 1.04. The number of aromatic nitrogens is 2. The Kier molecular flexibility index (Phi) is 7.73. The second-order valence-electron chi connectivity index (χ2n) is 11.3. The van der Waals surface area contributed by atoms with E-state index in [1.54, 1.807) is 9.47 Å². The molecule has 0 spiro atoms. The number of hydrogen-bond acceptors (Lipinski definition) is 4. The zero-order valence-corrected chi connectivity index (χ0v) is 22.7. The molecule has 9 heteroatoms. The van der Waals surface area contributed by atoms with Crippen molar-refractivity contribution in [2.45, 2.75) is 37.8 Å². The monoisotopic (exact) mass is 543 g/mol. The fourth-order valence-corrected chi connectivity index (χ4v) is 5.81. The van der Waals surface area contributed by atoms with Crippen LogP contribution in [0.1, 0.15) is 43.4 Å². The molecule has 0 bridgehead atoms. The molecule has 210 valence electrons. The molecule has 2 aliphatic heterocycles. The lowest BCUT2D eigenvalue weighted by Crippen LogP contribution is -2.48. The van der Waals surface area contributed by atoms with Crippen LogP contribution in [0, 0.1) is 11.8 Å². The first-order valence-corrected chi connectivity index (χ1v) is 14.4. The molecule has 0 radical (unpaired) electrons. The average molecular weight is 544 g/mol. The van der Waals surface area contributed by atoms with E-state index in [0.29, 0.717) is 38.4 Å². The van der Waals surface area contributed by atoms with Gasteiger partial charge in [0.05, 0.1) is 24.8 Å². The fourth-order valence-electron chi connectivity index (χ4n) is 5.81. The Morgan fingerprint density at radius 3 is 2.35 bits per heavy atom. The summed E-state index contributed by atoms with van der Waals surface area (Å²) in [7, 11) is 0. The molecule has 9 nitrogen and oxygen atoms in total. The van der Waals surface area contributed by atoms with Crippen LogP contribution in [0.25, 0.3) is 11.3 Å². The van der Waals surface area contributed by atoms with E-state index in [-0.39, 0.29) is 42.9 Å². The maximum absolute atomic E-state index is 13.5. The number of carbonyl (C=O) groups is 2. The number of ether oxygens (including phenoxy) is 1. The molecule has 1 saturated carbocycles. The third kappa shape index (κ3) is 5.99. The van der Waals surface area contributed by atoms with Gasteiger partial charge in [-0.15, -0.1) is 0 Å². The van der Waals surface area contributed by atoms with Gasteiger partial charge in [0.2, 0.25) is 5.91 Å². The first-order chi connectivity index (χ1) is 19.5. The minimum atomic E-state index is -0.413. The van der Waals surface area contributed by atoms with Crippen LogP contribution in [-0.4, -0.2) is 70.6 Å². The van der Waals surface area contributed by atoms with E-state index in [1.165, 1.54) is 12.8 Å². The first kappa shape index (κ1) is 26.4. The molecule has 3 aliphatic rings. The van der Waals surface area contributed by atoms with Gasteiger partial charge < -0.3 is 24.8 Å². The van der Waals surface area contributed by atoms with Crippen molar-refractivity contribution in [1.82, 2.24) is 24.7 Å². The van der Waals surface area contributed by atoms with Crippen molar-refractivity contribution in [3.8, 4) is 11.3 Å². The molecule has 6 rings (SSSR count). The summed E-state index contributed by atoms with van der Waals surface area (Å²) < 4.78 is 7.99. The molecule has 3 aromatic rings. The summed E-state index contributed by atoms with van der Waals surface area (Å²) in [6.07, 6.45) is 5.44. The van der Waals surface area contributed by atoms with E-state index >= 15 is 0 Å². The van der Waals surface area contributed by atoms with Gasteiger partial charge in [-0.05, 0) is 42.7 Å². The molecule has 1 aromatic heterocycles. The van der Waals surface area contributed by atoms with E-state index in [4.69, 9.17) is 4.74 Å². The Labute approximate surface area is 234 Å². The maximum Gasteiger partial charge on any atom is 0.326 e. The Bertz CT molecular complexity index is 1360. The highest BCUT2D eigenvalue weighted by atomic mass is 16.5. The van der Waals surface area contributed by atoms with E-state index in [1.807, 2.05) is 71.8 Å². The van der Waals surface area contributed by atoms with Crippen LogP contribution in [0.5, 0.6) is 0 Å². The van der Waals surface area contributed by atoms with Gasteiger partial charge in [0, 0.05) is 38.4 Å². The van der Waals surface area contributed by atoms with Gasteiger partial charge in [0.1, 0.15) is 6.10 Å². The minimum Gasteiger partial charge on any atom is -0.371 e. The van der Waals surface area contributed by atoms with Crippen LogP contribution in [0.15, 0.2) is 71.7 Å². The molecule has 2 saturated heterocycles. The predicted octanol–water partition coefficient (Wildman–Crippen LogP) is 3.82. The summed E-state index contributed by atoms with van der Waals surface area (Å²) >= 11 is 0. The quantitative estimate of drug-likeness (QED) is 0.473. The van der Waals surface area contributed by atoms with Gasteiger partial charge in [-0.1, -0.05) is 60.7 Å². The van der Waals surface area contributed by atoms with Crippen molar-refractivity contribution in [2.24, 2.45) is 11.8 Å².